The lowest BCUT2D eigenvalue weighted by atomic mass is 9.91. The van der Waals surface area contributed by atoms with E-state index in [1.54, 1.807) is 18.9 Å². The number of rotatable bonds is 11. The lowest BCUT2D eigenvalue weighted by molar-refractivity contribution is -0.268. The molecule has 218 valence electrons. The topological polar surface area (TPSA) is 103 Å². The van der Waals surface area contributed by atoms with Gasteiger partial charge in [0.15, 0.2) is 12.4 Å². The smallest absolute Gasteiger partial charge is 0.303 e. The third kappa shape index (κ3) is 8.10. The number of carbonyl (C=O) groups excluding carboxylic acids is 2. The molecule has 1 aliphatic heterocycles. The maximum Gasteiger partial charge on any atom is 0.303 e. The van der Waals surface area contributed by atoms with Gasteiger partial charge in [0, 0.05) is 35.6 Å². The van der Waals surface area contributed by atoms with Gasteiger partial charge in [-0.3, -0.25) is 9.59 Å². The second kappa shape index (κ2) is 14.5. The van der Waals surface area contributed by atoms with E-state index in [0.717, 1.165) is 32.9 Å². The first-order valence-electron chi connectivity index (χ1n) is 13.6. The Bertz CT molecular complexity index is 1300. The van der Waals surface area contributed by atoms with E-state index in [0.29, 0.717) is 12.3 Å². The van der Waals surface area contributed by atoms with Gasteiger partial charge in [0.1, 0.15) is 5.75 Å². The summed E-state index contributed by atoms with van der Waals surface area (Å²) in [5.74, 6) is 0.734. The van der Waals surface area contributed by atoms with E-state index in [1.807, 2.05) is 72.8 Å². The van der Waals surface area contributed by atoms with Crippen molar-refractivity contribution in [3.8, 4) is 5.75 Å². The summed E-state index contributed by atoms with van der Waals surface area (Å²) < 4.78 is 23.6. The van der Waals surface area contributed by atoms with Crippen LogP contribution >= 0.6 is 11.8 Å². The Morgan fingerprint density at radius 3 is 2.29 bits per heavy atom. The molecule has 0 bridgehead atoms. The van der Waals surface area contributed by atoms with E-state index >= 15 is 0 Å². The number of nitrogens with one attached hydrogen (secondary N) is 1. The van der Waals surface area contributed by atoms with Gasteiger partial charge in [-0.05, 0) is 35.7 Å². The fraction of sp³-hybridized carbons (Fsp3) is 0.375. The largest absolute Gasteiger partial charge is 0.496 e. The van der Waals surface area contributed by atoms with Gasteiger partial charge in [-0.25, -0.2) is 0 Å². The first-order valence-corrected chi connectivity index (χ1v) is 14.6. The summed E-state index contributed by atoms with van der Waals surface area (Å²) in [6.07, 6.45) is -1.78. The minimum Gasteiger partial charge on any atom is -0.496 e. The molecule has 1 saturated heterocycles. The number of hydrogen-bond acceptors (Lipinski definition) is 8. The van der Waals surface area contributed by atoms with Crippen molar-refractivity contribution < 1.29 is 33.6 Å². The zero-order valence-electron chi connectivity index (χ0n) is 23.7. The Labute approximate surface area is 245 Å². The molecule has 9 heteroatoms. The lowest BCUT2D eigenvalue weighted by Crippen LogP contribution is -2.38. The molecular weight excluding hydrogens is 542 g/mol. The molecule has 5 atom stereocenters. The predicted molar refractivity (Wildman–Crippen MR) is 156 cm³/mol. The molecule has 8 nitrogen and oxygen atoms in total. The normalized spacial score (nSPS) is 21.1. The van der Waals surface area contributed by atoms with Crippen LogP contribution in [-0.4, -0.2) is 42.1 Å². The molecule has 2 N–H and O–H groups in total. The average molecular weight is 580 g/mol. The summed E-state index contributed by atoms with van der Waals surface area (Å²) in [5.41, 5.74) is 3.62. The summed E-state index contributed by atoms with van der Waals surface area (Å²) in [7, 11) is 1.67. The standard InChI is InChI=1S/C32H37NO7S/c1-20-28(19-41-29-8-6-5-7-27(29)37-4)39-32(40-30(20)25-13-11-24(18-34)12-14-25)26-15-9-23(10-16-26)17-33-31(36)21(2)38-22(3)35/h5-16,20-21,28,30,32,34H,17-19H2,1-4H3,(H,33,36). The number of thioether (sulfide) groups is 1. The summed E-state index contributed by atoms with van der Waals surface area (Å²) in [5, 5.41) is 12.3. The quantitative estimate of drug-likeness (QED) is 0.232. The summed E-state index contributed by atoms with van der Waals surface area (Å²) >= 11 is 1.69. The Kier molecular flexibility index (Phi) is 10.8. The summed E-state index contributed by atoms with van der Waals surface area (Å²) in [6.45, 7) is 5.23. The average Bonchev–Trinajstić information content (AvgIpc) is 2.99. The second-order valence-corrected chi connectivity index (χ2v) is 11.1. The van der Waals surface area contributed by atoms with Crippen LogP contribution in [-0.2, 0) is 37.0 Å². The van der Waals surface area contributed by atoms with Gasteiger partial charge < -0.3 is 29.4 Å². The third-order valence-corrected chi connectivity index (χ3v) is 8.17. The molecule has 3 aromatic carbocycles. The Balaban J connectivity index is 1.49. The van der Waals surface area contributed by atoms with Crippen LogP contribution in [0.1, 0.15) is 55.4 Å². The van der Waals surface area contributed by atoms with Crippen molar-refractivity contribution in [2.75, 3.05) is 12.9 Å². The lowest BCUT2D eigenvalue weighted by Gasteiger charge is -2.41. The van der Waals surface area contributed by atoms with E-state index in [2.05, 4.69) is 12.2 Å². The van der Waals surface area contributed by atoms with Gasteiger partial charge in [0.25, 0.3) is 5.91 Å². The van der Waals surface area contributed by atoms with Crippen LogP contribution in [0.4, 0.5) is 0 Å². The number of methoxy groups -OCH3 is 1. The molecule has 5 unspecified atom stereocenters. The molecule has 1 fully saturated rings. The van der Waals surface area contributed by atoms with Gasteiger partial charge in [0.2, 0.25) is 0 Å². The first kappa shape index (κ1) is 30.6. The SMILES string of the molecule is COc1ccccc1SCC1OC(c2ccc(CNC(=O)C(C)OC(C)=O)cc2)OC(c2ccc(CO)cc2)C1C. The van der Waals surface area contributed by atoms with E-state index in [-0.39, 0.29) is 30.6 Å². The van der Waals surface area contributed by atoms with Crippen LogP contribution in [0.5, 0.6) is 5.75 Å². The van der Waals surface area contributed by atoms with Gasteiger partial charge in [-0.2, -0.15) is 0 Å². The van der Waals surface area contributed by atoms with Crippen molar-refractivity contribution in [2.24, 2.45) is 5.92 Å². The summed E-state index contributed by atoms with van der Waals surface area (Å²) in [4.78, 5) is 24.4. The molecule has 0 aliphatic carbocycles. The molecule has 0 radical (unpaired) electrons. The number of ether oxygens (including phenoxy) is 4. The van der Waals surface area contributed by atoms with E-state index < -0.39 is 18.4 Å². The highest BCUT2D eigenvalue weighted by Gasteiger charge is 2.38. The Morgan fingerprint density at radius 2 is 1.63 bits per heavy atom. The Hall–Kier alpha value is -3.37. The van der Waals surface area contributed by atoms with Crippen LogP contribution in [0, 0.1) is 5.92 Å². The molecule has 4 rings (SSSR count). The van der Waals surface area contributed by atoms with Crippen molar-refractivity contribution in [3.05, 3.63) is 95.1 Å². The minimum absolute atomic E-state index is 0.0132. The highest BCUT2D eigenvalue weighted by Crippen LogP contribution is 2.43. The van der Waals surface area contributed by atoms with Gasteiger partial charge in [-0.1, -0.05) is 67.6 Å². The van der Waals surface area contributed by atoms with Crippen molar-refractivity contribution in [3.63, 3.8) is 0 Å². The highest BCUT2D eigenvalue weighted by atomic mass is 32.2. The van der Waals surface area contributed by atoms with Crippen LogP contribution in [0.25, 0.3) is 0 Å². The molecular formula is C32H37NO7S. The molecule has 0 aromatic heterocycles. The van der Waals surface area contributed by atoms with E-state index in [9.17, 15) is 14.7 Å². The molecule has 41 heavy (non-hydrogen) atoms. The minimum atomic E-state index is -0.855. The van der Waals surface area contributed by atoms with Crippen LogP contribution < -0.4 is 10.1 Å². The first-order chi connectivity index (χ1) is 19.8. The summed E-state index contributed by atoms with van der Waals surface area (Å²) in [6, 6.07) is 23.5. The number of aliphatic hydroxyl groups excluding tert-OH is 1. The number of para-hydroxylation sites is 1. The number of aliphatic hydroxyl groups is 1. The monoisotopic (exact) mass is 579 g/mol. The number of amides is 1. The molecule has 1 heterocycles. The predicted octanol–water partition coefficient (Wildman–Crippen LogP) is 5.34. The fourth-order valence-electron chi connectivity index (χ4n) is 4.65. The number of benzene rings is 3. The zero-order valence-corrected chi connectivity index (χ0v) is 24.6. The molecule has 1 aliphatic rings. The maximum absolute atomic E-state index is 12.2. The molecule has 0 saturated carbocycles. The van der Waals surface area contributed by atoms with Gasteiger partial charge in [-0.15, -0.1) is 11.8 Å². The highest BCUT2D eigenvalue weighted by molar-refractivity contribution is 7.99. The number of carbonyl (C=O) groups is 2. The molecule has 3 aromatic rings. The maximum atomic E-state index is 12.2. The number of esters is 1. The van der Waals surface area contributed by atoms with E-state index in [4.69, 9.17) is 18.9 Å². The van der Waals surface area contributed by atoms with Crippen LogP contribution in [0.3, 0.4) is 0 Å². The Morgan fingerprint density at radius 1 is 0.976 bits per heavy atom. The van der Waals surface area contributed by atoms with Crippen LogP contribution in [0.2, 0.25) is 0 Å². The molecule has 1 amide bonds. The van der Waals surface area contributed by atoms with Gasteiger partial charge >= 0.3 is 5.97 Å². The van der Waals surface area contributed by atoms with Crippen molar-refractivity contribution in [1.82, 2.24) is 5.32 Å². The zero-order chi connectivity index (χ0) is 29.4. The fourth-order valence-corrected chi connectivity index (χ4v) is 5.84. The second-order valence-electron chi connectivity index (χ2n) is 9.99. The number of hydrogen-bond donors (Lipinski definition) is 2. The van der Waals surface area contributed by atoms with Crippen molar-refractivity contribution in [2.45, 2.75) is 63.4 Å². The van der Waals surface area contributed by atoms with Crippen molar-refractivity contribution >= 4 is 23.6 Å². The van der Waals surface area contributed by atoms with Gasteiger partial charge in [0.05, 0.1) is 25.9 Å². The van der Waals surface area contributed by atoms with E-state index in [1.165, 1.54) is 13.8 Å². The van der Waals surface area contributed by atoms with Crippen molar-refractivity contribution in [1.29, 1.82) is 0 Å². The molecule has 0 spiro atoms. The third-order valence-electron chi connectivity index (χ3n) is 7.03. The van der Waals surface area contributed by atoms with Crippen LogP contribution in [0.15, 0.2) is 77.7 Å².